The fourth-order valence-electron chi connectivity index (χ4n) is 2.84. The molecule has 0 unspecified atom stereocenters. The summed E-state index contributed by atoms with van der Waals surface area (Å²) in [5.74, 6) is 2.39. The average Bonchev–Trinajstić information content (AvgIpc) is 3.16. The van der Waals surface area contributed by atoms with Crippen LogP contribution >= 0.6 is 23.4 Å². The maximum atomic E-state index is 5.91. The third-order valence-electron chi connectivity index (χ3n) is 4.24. The van der Waals surface area contributed by atoms with Gasteiger partial charge in [0.25, 0.3) is 0 Å². The lowest BCUT2D eigenvalue weighted by atomic mass is 10.2. The van der Waals surface area contributed by atoms with Crippen molar-refractivity contribution in [2.45, 2.75) is 11.7 Å². The van der Waals surface area contributed by atoms with Gasteiger partial charge in [0.05, 0.1) is 13.2 Å². The molecule has 0 radical (unpaired) electrons. The van der Waals surface area contributed by atoms with E-state index in [1.165, 1.54) is 5.56 Å². The smallest absolute Gasteiger partial charge is 0.191 e. The number of nitrogens with zero attached hydrogens (tertiary/aromatic N) is 4. The molecule has 0 bridgehead atoms. The van der Waals surface area contributed by atoms with Crippen LogP contribution in [-0.2, 0) is 6.54 Å². The lowest BCUT2D eigenvalue weighted by Gasteiger charge is -2.11. The lowest BCUT2D eigenvalue weighted by Crippen LogP contribution is -2.06. The summed E-state index contributed by atoms with van der Waals surface area (Å²) in [6.45, 7) is 1.26. The molecule has 0 saturated heterocycles. The van der Waals surface area contributed by atoms with Crippen molar-refractivity contribution in [2.75, 3.05) is 12.4 Å². The Kier molecular flexibility index (Phi) is 6.44. The number of hydrogen-bond donors (Lipinski definition) is 0. The molecule has 146 valence electrons. The van der Waals surface area contributed by atoms with E-state index in [0.717, 1.165) is 28.0 Å². The second-order valence-corrected chi connectivity index (χ2v) is 7.76. The minimum atomic E-state index is 0.565. The molecule has 0 N–H and O–H groups in total. The molecular formula is C22H19ClN4OS. The molecule has 0 amide bonds. The summed E-state index contributed by atoms with van der Waals surface area (Å²) in [4.78, 5) is 4.10. The summed E-state index contributed by atoms with van der Waals surface area (Å²) >= 11 is 7.54. The van der Waals surface area contributed by atoms with Crippen LogP contribution in [0.4, 0.5) is 0 Å². The van der Waals surface area contributed by atoms with Gasteiger partial charge < -0.3 is 4.74 Å². The molecule has 0 spiro atoms. The van der Waals surface area contributed by atoms with E-state index in [4.69, 9.17) is 16.3 Å². The second kappa shape index (κ2) is 9.58. The van der Waals surface area contributed by atoms with Crippen LogP contribution in [0.15, 0.2) is 84.3 Å². The fraction of sp³-hybridized carbons (Fsp3) is 0.136. The Hall–Kier alpha value is -2.83. The topological polar surface area (TPSA) is 52.8 Å². The van der Waals surface area contributed by atoms with E-state index in [1.807, 2.05) is 54.6 Å². The van der Waals surface area contributed by atoms with Gasteiger partial charge in [0, 0.05) is 28.7 Å². The molecule has 4 rings (SSSR count). The van der Waals surface area contributed by atoms with Gasteiger partial charge in [0.2, 0.25) is 0 Å². The monoisotopic (exact) mass is 422 g/mol. The van der Waals surface area contributed by atoms with Gasteiger partial charge in [-0.25, -0.2) is 0 Å². The number of ether oxygens (including phenoxy) is 1. The minimum absolute atomic E-state index is 0.565. The van der Waals surface area contributed by atoms with Crippen molar-refractivity contribution >= 4 is 23.4 Å². The number of pyridine rings is 1. The highest BCUT2D eigenvalue weighted by Gasteiger charge is 2.14. The van der Waals surface area contributed by atoms with Crippen molar-refractivity contribution < 1.29 is 4.74 Å². The molecule has 4 aromatic rings. The number of rotatable bonds is 8. The molecule has 0 fully saturated rings. The van der Waals surface area contributed by atoms with E-state index in [-0.39, 0.29) is 0 Å². The molecule has 5 nitrogen and oxygen atoms in total. The Morgan fingerprint density at radius 1 is 0.897 bits per heavy atom. The molecule has 2 heterocycles. The standard InChI is InChI=1S/C22H19ClN4OS/c23-19-6-8-20(9-7-19)28-14-15-29-22-26-25-21(18-10-12-24-13-11-18)27(22)16-17-4-2-1-3-5-17/h1-13H,14-16H2. The van der Waals surface area contributed by atoms with Crippen molar-refractivity contribution in [1.29, 1.82) is 0 Å². The van der Waals surface area contributed by atoms with Gasteiger partial charge in [-0.1, -0.05) is 53.7 Å². The van der Waals surface area contributed by atoms with Gasteiger partial charge >= 0.3 is 0 Å². The quantitative estimate of drug-likeness (QED) is 0.288. The van der Waals surface area contributed by atoms with E-state index in [9.17, 15) is 0 Å². The van der Waals surface area contributed by atoms with Crippen molar-refractivity contribution in [1.82, 2.24) is 19.7 Å². The van der Waals surface area contributed by atoms with E-state index in [1.54, 1.807) is 24.2 Å². The summed E-state index contributed by atoms with van der Waals surface area (Å²) in [5, 5.41) is 10.4. The maximum Gasteiger partial charge on any atom is 0.191 e. The Bertz CT molecular complexity index is 1040. The summed E-state index contributed by atoms with van der Waals surface area (Å²) in [7, 11) is 0. The molecule has 0 aliphatic heterocycles. The Labute approximate surface area is 178 Å². The highest BCUT2D eigenvalue weighted by Crippen LogP contribution is 2.25. The van der Waals surface area contributed by atoms with Crippen LogP contribution in [0, 0.1) is 0 Å². The zero-order valence-corrected chi connectivity index (χ0v) is 17.2. The van der Waals surface area contributed by atoms with Gasteiger partial charge in [-0.2, -0.15) is 0 Å². The number of aromatic nitrogens is 4. The largest absolute Gasteiger partial charge is 0.493 e. The summed E-state index contributed by atoms with van der Waals surface area (Å²) < 4.78 is 7.92. The van der Waals surface area contributed by atoms with Crippen molar-refractivity contribution in [3.8, 4) is 17.1 Å². The first-order valence-corrected chi connectivity index (χ1v) is 10.5. The van der Waals surface area contributed by atoms with Crippen LogP contribution in [0.3, 0.4) is 0 Å². The van der Waals surface area contributed by atoms with Crippen LogP contribution in [-0.4, -0.2) is 32.1 Å². The third-order valence-corrected chi connectivity index (χ3v) is 5.42. The van der Waals surface area contributed by atoms with E-state index >= 15 is 0 Å². The van der Waals surface area contributed by atoms with E-state index in [2.05, 4.69) is 31.9 Å². The number of benzene rings is 2. The second-order valence-electron chi connectivity index (χ2n) is 6.26. The third kappa shape index (κ3) is 5.16. The van der Waals surface area contributed by atoms with Gasteiger partial charge in [-0.05, 0) is 42.0 Å². The minimum Gasteiger partial charge on any atom is -0.493 e. The normalized spacial score (nSPS) is 10.8. The molecule has 2 aromatic carbocycles. The zero-order valence-electron chi connectivity index (χ0n) is 15.6. The van der Waals surface area contributed by atoms with E-state index < -0.39 is 0 Å². The maximum absolute atomic E-state index is 5.91. The first-order chi connectivity index (χ1) is 14.3. The van der Waals surface area contributed by atoms with Crippen molar-refractivity contribution in [3.05, 3.63) is 89.7 Å². The molecule has 2 aromatic heterocycles. The van der Waals surface area contributed by atoms with Crippen LogP contribution in [0.5, 0.6) is 5.75 Å². The summed E-state index contributed by atoms with van der Waals surface area (Å²) in [5.41, 5.74) is 2.19. The first kappa shape index (κ1) is 19.5. The number of thioether (sulfide) groups is 1. The molecule has 0 atom stereocenters. The van der Waals surface area contributed by atoms with Gasteiger partial charge in [0.1, 0.15) is 5.75 Å². The zero-order chi connectivity index (χ0) is 19.9. The Morgan fingerprint density at radius 3 is 2.41 bits per heavy atom. The summed E-state index contributed by atoms with van der Waals surface area (Å²) in [6.07, 6.45) is 3.54. The van der Waals surface area contributed by atoms with Crippen molar-refractivity contribution in [2.24, 2.45) is 0 Å². The van der Waals surface area contributed by atoms with Gasteiger partial charge in [-0.3, -0.25) is 9.55 Å². The number of halogens is 1. The highest BCUT2D eigenvalue weighted by atomic mass is 35.5. The van der Waals surface area contributed by atoms with Crippen LogP contribution < -0.4 is 4.74 Å². The van der Waals surface area contributed by atoms with E-state index in [0.29, 0.717) is 18.2 Å². The predicted molar refractivity (Wildman–Crippen MR) is 116 cm³/mol. The molecule has 7 heteroatoms. The van der Waals surface area contributed by atoms with Crippen molar-refractivity contribution in [3.63, 3.8) is 0 Å². The molecule has 0 aliphatic rings. The molecular weight excluding hydrogens is 404 g/mol. The van der Waals surface area contributed by atoms with Crippen LogP contribution in [0.1, 0.15) is 5.56 Å². The fourth-order valence-corrected chi connectivity index (χ4v) is 3.72. The average molecular weight is 423 g/mol. The SMILES string of the molecule is Clc1ccc(OCCSc2nnc(-c3ccncc3)n2Cc2ccccc2)cc1. The highest BCUT2D eigenvalue weighted by molar-refractivity contribution is 7.99. The molecule has 29 heavy (non-hydrogen) atoms. The van der Waals surface area contributed by atoms with Gasteiger partial charge in [-0.15, -0.1) is 10.2 Å². The predicted octanol–water partition coefficient (Wildman–Crippen LogP) is 5.21. The molecule has 0 aliphatic carbocycles. The van der Waals surface area contributed by atoms with Gasteiger partial charge in [0.15, 0.2) is 11.0 Å². The first-order valence-electron chi connectivity index (χ1n) is 9.18. The number of hydrogen-bond acceptors (Lipinski definition) is 5. The summed E-state index contributed by atoms with van der Waals surface area (Å²) in [6, 6.07) is 21.6. The van der Waals surface area contributed by atoms with Crippen LogP contribution in [0.25, 0.3) is 11.4 Å². The van der Waals surface area contributed by atoms with Crippen LogP contribution in [0.2, 0.25) is 5.02 Å². The molecule has 0 saturated carbocycles. The lowest BCUT2D eigenvalue weighted by molar-refractivity contribution is 0.344. The Morgan fingerprint density at radius 2 is 1.66 bits per heavy atom. The Balaban J connectivity index is 1.48.